The Morgan fingerprint density at radius 3 is 2.36 bits per heavy atom. The third kappa shape index (κ3) is 4.07. The summed E-state index contributed by atoms with van der Waals surface area (Å²) in [5.41, 5.74) is 2.21. The van der Waals surface area contributed by atoms with Crippen molar-refractivity contribution in [1.29, 1.82) is 0 Å². The molecule has 0 aliphatic rings. The van der Waals surface area contributed by atoms with Crippen LogP contribution in [0.2, 0.25) is 0 Å². The Morgan fingerprint density at radius 1 is 0.893 bits per heavy atom. The maximum Gasteiger partial charge on any atom is 0.262 e. The average Bonchev–Trinajstić information content (AvgIpc) is 3.24. The largest absolute Gasteiger partial charge is 0.483 e. The summed E-state index contributed by atoms with van der Waals surface area (Å²) in [6.45, 7) is -0.133. The Hall–Kier alpha value is -3.93. The van der Waals surface area contributed by atoms with E-state index in [1.807, 2.05) is 78.9 Å². The van der Waals surface area contributed by atoms with E-state index in [0.29, 0.717) is 28.7 Å². The number of amides is 1. The van der Waals surface area contributed by atoms with Crippen LogP contribution in [0.4, 0.5) is 5.69 Å². The van der Waals surface area contributed by atoms with Gasteiger partial charge in [0, 0.05) is 11.3 Å². The molecule has 0 saturated heterocycles. The highest BCUT2D eigenvalue weighted by molar-refractivity contribution is 5.91. The fourth-order valence-electron chi connectivity index (χ4n) is 2.67. The van der Waals surface area contributed by atoms with Gasteiger partial charge in [-0.1, -0.05) is 65.8 Å². The van der Waals surface area contributed by atoms with Gasteiger partial charge in [0.1, 0.15) is 5.75 Å². The van der Waals surface area contributed by atoms with E-state index in [9.17, 15) is 4.79 Å². The van der Waals surface area contributed by atoms with Gasteiger partial charge in [0.25, 0.3) is 11.8 Å². The van der Waals surface area contributed by atoms with E-state index in [1.54, 1.807) is 6.07 Å². The van der Waals surface area contributed by atoms with Gasteiger partial charge in [-0.25, -0.2) is 0 Å². The molecule has 4 aromatic rings. The monoisotopic (exact) mass is 371 g/mol. The number of nitrogens with zero attached hydrogens (tertiary/aromatic N) is 2. The van der Waals surface area contributed by atoms with Crippen LogP contribution in [0, 0.1) is 0 Å². The van der Waals surface area contributed by atoms with E-state index < -0.39 is 0 Å². The van der Waals surface area contributed by atoms with Gasteiger partial charge in [-0.15, -0.1) is 0 Å². The van der Waals surface area contributed by atoms with Crippen LogP contribution >= 0.6 is 0 Å². The molecule has 0 atom stereocenters. The van der Waals surface area contributed by atoms with Crippen LogP contribution in [0.15, 0.2) is 89.5 Å². The average molecular weight is 371 g/mol. The lowest BCUT2D eigenvalue weighted by molar-refractivity contribution is -0.118. The lowest BCUT2D eigenvalue weighted by Gasteiger charge is -2.09. The number of para-hydroxylation sites is 2. The topological polar surface area (TPSA) is 77.2 Å². The van der Waals surface area contributed by atoms with Gasteiger partial charge in [-0.2, -0.15) is 4.98 Å². The molecule has 6 nitrogen and oxygen atoms in total. The first-order chi connectivity index (χ1) is 13.8. The maximum atomic E-state index is 12.1. The Balaban J connectivity index is 1.48. The molecule has 28 heavy (non-hydrogen) atoms. The molecule has 3 aromatic carbocycles. The summed E-state index contributed by atoms with van der Waals surface area (Å²) in [7, 11) is 0. The first-order valence-electron chi connectivity index (χ1n) is 8.76. The normalized spacial score (nSPS) is 10.4. The molecule has 0 unspecified atom stereocenters. The van der Waals surface area contributed by atoms with Gasteiger partial charge in [-0.05, 0) is 24.3 Å². The Kier molecular flexibility index (Phi) is 5.11. The van der Waals surface area contributed by atoms with Crippen molar-refractivity contribution in [2.24, 2.45) is 0 Å². The number of benzene rings is 3. The zero-order valence-corrected chi connectivity index (χ0v) is 14.9. The van der Waals surface area contributed by atoms with Crippen LogP contribution in [-0.2, 0) is 4.79 Å². The quantitative estimate of drug-likeness (QED) is 0.543. The van der Waals surface area contributed by atoms with E-state index in [2.05, 4.69) is 15.5 Å². The molecule has 1 amide bonds. The minimum Gasteiger partial charge on any atom is -0.483 e. The second-order valence-electron chi connectivity index (χ2n) is 5.99. The van der Waals surface area contributed by atoms with Crippen LogP contribution in [0.5, 0.6) is 5.75 Å². The van der Waals surface area contributed by atoms with Crippen LogP contribution in [0.25, 0.3) is 22.8 Å². The molecule has 138 valence electrons. The highest BCUT2D eigenvalue weighted by atomic mass is 16.5. The van der Waals surface area contributed by atoms with Crippen LogP contribution in [-0.4, -0.2) is 22.7 Å². The summed E-state index contributed by atoms with van der Waals surface area (Å²) in [6.07, 6.45) is 0. The van der Waals surface area contributed by atoms with E-state index >= 15 is 0 Å². The van der Waals surface area contributed by atoms with Crippen molar-refractivity contribution < 1.29 is 14.1 Å². The minimum absolute atomic E-state index is 0.133. The molecular formula is C22H17N3O3. The van der Waals surface area contributed by atoms with E-state index in [0.717, 1.165) is 5.56 Å². The van der Waals surface area contributed by atoms with Crippen LogP contribution in [0.3, 0.4) is 0 Å². The summed E-state index contributed by atoms with van der Waals surface area (Å²) in [4.78, 5) is 16.6. The van der Waals surface area contributed by atoms with Crippen molar-refractivity contribution in [3.8, 4) is 28.6 Å². The molecule has 0 saturated carbocycles. The fraction of sp³-hybridized carbons (Fsp3) is 0.0455. The van der Waals surface area contributed by atoms with Crippen molar-refractivity contribution in [3.63, 3.8) is 0 Å². The highest BCUT2D eigenvalue weighted by Crippen LogP contribution is 2.30. The smallest absolute Gasteiger partial charge is 0.262 e. The van der Waals surface area contributed by atoms with E-state index in [1.165, 1.54) is 0 Å². The van der Waals surface area contributed by atoms with E-state index in [-0.39, 0.29) is 12.5 Å². The van der Waals surface area contributed by atoms with Crippen LogP contribution in [0.1, 0.15) is 0 Å². The van der Waals surface area contributed by atoms with Crippen molar-refractivity contribution in [2.75, 3.05) is 11.9 Å². The van der Waals surface area contributed by atoms with Gasteiger partial charge < -0.3 is 14.6 Å². The number of rotatable bonds is 6. The summed E-state index contributed by atoms with van der Waals surface area (Å²) in [5, 5.41) is 6.82. The van der Waals surface area contributed by atoms with Gasteiger partial charge in [0.2, 0.25) is 5.82 Å². The third-order valence-electron chi connectivity index (χ3n) is 3.99. The number of nitrogens with one attached hydrogen (secondary N) is 1. The van der Waals surface area contributed by atoms with Crippen molar-refractivity contribution in [3.05, 3.63) is 84.9 Å². The van der Waals surface area contributed by atoms with Crippen LogP contribution < -0.4 is 10.1 Å². The third-order valence-corrected chi connectivity index (χ3v) is 3.99. The van der Waals surface area contributed by atoms with Crippen molar-refractivity contribution in [1.82, 2.24) is 10.1 Å². The van der Waals surface area contributed by atoms with E-state index in [4.69, 9.17) is 9.26 Å². The van der Waals surface area contributed by atoms with Gasteiger partial charge in [0.15, 0.2) is 6.61 Å². The molecule has 0 bridgehead atoms. The zero-order chi connectivity index (χ0) is 19.2. The molecule has 1 N–H and O–H groups in total. The highest BCUT2D eigenvalue weighted by Gasteiger charge is 2.15. The molecule has 1 heterocycles. The predicted molar refractivity (Wildman–Crippen MR) is 106 cm³/mol. The Morgan fingerprint density at radius 2 is 1.57 bits per heavy atom. The molecule has 0 aliphatic carbocycles. The SMILES string of the molecule is O=C(COc1ccccc1-c1nc(-c2ccccc2)no1)Nc1ccccc1. The summed E-state index contributed by atoms with van der Waals surface area (Å²) in [5.74, 6) is 1.07. The summed E-state index contributed by atoms with van der Waals surface area (Å²) >= 11 is 0. The number of anilines is 1. The maximum absolute atomic E-state index is 12.1. The first kappa shape index (κ1) is 17.5. The molecule has 0 aliphatic heterocycles. The molecule has 1 aromatic heterocycles. The molecular weight excluding hydrogens is 354 g/mol. The number of carbonyl (C=O) groups excluding carboxylic acids is 1. The number of carbonyl (C=O) groups is 1. The Bertz CT molecular complexity index is 1060. The second-order valence-corrected chi connectivity index (χ2v) is 5.99. The minimum atomic E-state index is -0.253. The Labute approximate surface area is 161 Å². The van der Waals surface area contributed by atoms with Gasteiger partial charge in [-0.3, -0.25) is 4.79 Å². The number of hydrogen-bond donors (Lipinski definition) is 1. The lowest BCUT2D eigenvalue weighted by atomic mass is 10.2. The van der Waals surface area contributed by atoms with Crippen molar-refractivity contribution >= 4 is 11.6 Å². The fourth-order valence-corrected chi connectivity index (χ4v) is 2.67. The molecule has 0 fully saturated rings. The predicted octanol–water partition coefficient (Wildman–Crippen LogP) is 4.42. The number of hydrogen-bond acceptors (Lipinski definition) is 5. The summed E-state index contributed by atoms with van der Waals surface area (Å²) in [6, 6.07) is 26.0. The van der Waals surface area contributed by atoms with Gasteiger partial charge in [0.05, 0.1) is 5.56 Å². The van der Waals surface area contributed by atoms with Crippen molar-refractivity contribution in [2.45, 2.75) is 0 Å². The number of aromatic nitrogens is 2. The zero-order valence-electron chi connectivity index (χ0n) is 14.9. The molecule has 6 heteroatoms. The standard InChI is InChI=1S/C22H17N3O3/c26-20(23-17-11-5-2-6-12-17)15-27-19-14-8-7-13-18(19)22-24-21(25-28-22)16-9-3-1-4-10-16/h1-14H,15H2,(H,23,26). The molecule has 4 rings (SSSR count). The summed E-state index contributed by atoms with van der Waals surface area (Å²) < 4.78 is 11.1. The molecule has 0 radical (unpaired) electrons. The lowest BCUT2D eigenvalue weighted by Crippen LogP contribution is -2.20. The second kappa shape index (κ2) is 8.18. The molecule has 0 spiro atoms. The first-order valence-corrected chi connectivity index (χ1v) is 8.76. The number of ether oxygens (including phenoxy) is 1. The van der Waals surface area contributed by atoms with Gasteiger partial charge >= 0.3 is 0 Å².